The zero-order valence-electron chi connectivity index (χ0n) is 24.2. The number of sulfone groups is 1. The van der Waals surface area contributed by atoms with Crippen molar-refractivity contribution in [3.8, 4) is 0 Å². The van der Waals surface area contributed by atoms with Crippen LogP contribution in [-0.4, -0.2) is 70.3 Å². The quantitative estimate of drug-likeness (QED) is 0.362. The Bertz CT molecular complexity index is 1580. The van der Waals surface area contributed by atoms with Crippen LogP contribution in [0.5, 0.6) is 0 Å². The molecule has 4 heterocycles. The van der Waals surface area contributed by atoms with Gasteiger partial charge in [0.1, 0.15) is 21.3 Å². The number of Topliss-reactive ketones (excluding diaryl/α,β-unsaturated/α-hetero) is 1. The number of rotatable bonds is 9. The first-order valence-corrected chi connectivity index (χ1v) is 16.7. The van der Waals surface area contributed by atoms with Gasteiger partial charge in [0.2, 0.25) is 5.95 Å². The van der Waals surface area contributed by atoms with Crippen molar-refractivity contribution in [2.24, 2.45) is 0 Å². The molecule has 0 radical (unpaired) electrons. The van der Waals surface area contributed by atoms with E-state index in [1.54, 1.807) is 17.7 Å². The Morgan fingerprint density at radius 2 is 1.83 bits per heavy atom. The van der Waals surface area contributed by atoms with E-state index in [1.165, 1.54) is 18.7 Å². The molecule has 10 nitrogen and oxygen atoms in total. The van der Waals surface area contributed by atoms with E-state index in [1.807, 2.05) is 12.3 Å². The molecule has 1 atom stereocenters. The standard InChI is InChI=1S/C30H40N6O4S/c1-20-25-19-32-30(34-28(25)36(24-9-4-5-10-24)29(38)27(20)21(2)37)33-26-12-11-23(18-31-26)22-8-6-14-35(16-13-22)15-7-17-41(3,39)40/h11-12,18-19,22,24H,4-10,13-17H2,1-3H3,(H,31,32,33,34). The number of nitrogens with one attached hydrogen (secondary N) is 1. The van der Waals surface area contributed by atoms with Crippen molar-refractivity contribution in [2.45, 2.75) is 77.2 Å². The van der Waals surface area contributed by atoms with Crippen molar-refractivity contribution >= 4 is 38.4 Å². The van der Waals surface area contributed by atoms with Gasteiger partial charge in [-0.1, -0.05) is 18.9 Å². The molecule has 1 N–H and O–H groups in total. The normalized spacial score (nSPS) is 19.0. The lowest BCUT2D eigenvalue weighted by Crippen LogP contribution is -2.30. The molecule has 2 fully saturated rings. The molecule has 5 rings (SSSR count). The van der Waals surface area contributed by atoms with Gasteiger partial charge in [0.05, 0.1) is 11.3 Å². The minimum absolute atomic E-state index is 0.0269. The van der Waals surface area contributed by atoms with Crippen LogP contribution in [-0.2, 0) is 9.84 Å². The third-order valence-corrected chi connectivity index (χ3v) is 9.59. The molecule has 1 aliphatic carbocycles. The second kappa shape index (κ2) is 12.4. The summed E-state index contributed by atoms with van der Waals surface area (Å²) in [6.45, 7) is 5.99. The Balaban J connectivity index is 1.31. The van der Waals surface area contributed by atoms with Crippen LogP contribution < -0.4 is 10.9 Å². The average Bonchev–Trinajstić information content (AvgIpc) is 3.34. The van der Waals surface area contributed by atoms with E-state index in [4.69, 9.17) is 4.98 Å². The summed E-state index contributed by atoms with van der Waals surface area (Å²) in [4.78, 5) is 42.1. The molecule has 3 aromatic rings. The summed E-state index contributed by atoms with van der Waals surface area (Å²) in [6.07, 6.45) is 12.6. The Labute approximate surface area is 241 Å². The second-order valence-corrected chi connectivity index (χ2v) is 13.9. The molecule has 11 heteroatoms. The first-order chi connectivity index (χ1) is 19.6. The van der Waals surface area contributed by atoms with E-state index in [0.29, 0.717) is 40.7 Å². The van der Waals surface area contributed by atoms with E-state index in [-0.39, 0.29) is 28.7 Å². The fourth-order valence-electron chi connectivity index (χ4n) is 6.41. The van der Waals surface area contributed by atoms with Crippen LogP contribution in [0.4, 0.5) is 11.8 Å². The maximum atomic E-state index is 13.4. The van der Waals surface area contributed by atoms with Gasteiger partial charge in [-0.15, -0.1) is 0 Å². The molecule has 1 saturated carbocycles. The summed E-state index contributed by atoms with van der Waals surface area (Å²) < 4.78 is 24.6. The molecule has 0 aromatic carbocycles. The molecule has 0 spiro atoms. The van der Waals surface area contributed by atoms with Crippen LogP contribution in [0.15, 0.2) is 29.3 Å². The number of hydrogen-bond donors (Lipinski definition) is 1. The monoisotopic (exact) mass is 580 g/mol. The number of nitrogens with zero attached hydrogens (tertiary/aromatic N) is 5. The predicted molar refractivity (Wildman–Crippen MR) is 161 cm³/mol. The Morgan fingerprint density at radius 1 is 1.05 bits per heavy atom. The Hall–Kier alpha value is -3.18. The molecule has 2 aliphatic rings. The summed E-state index contributed by atoms with van der Waals surface area (Å²) in [5, 5.41) is 3.92. The van der Waals surface area contributed by atoms with Crippen LogP contribution >= 0.6 is 0 Å². The average molecular weight is 581 g/mol. The van der Waals surface area contributed by atoms with Crippen molar-refractivity contribution in [1.29, 1.82) is 0 Å². The van der Waals surface area contributed by atoms with Crippen LogP contribution in [0.25, 0.3) is 11.0 Å². The highest BCUT2D eigenvalue weighted by molar-refractivity contribution is 7.90. The van der Waals surface area contributed by atoms with Crippen molar-refractivity contribution < 1.29 is 13.2 Å². The van der Waals surface area contributed by atoms with Gasteiger partial charge in [0, 0.05) is 30.1 Å². The molecular formula is C30H40N6O4S. The lowest BCUT2D eigenvalue weighted by atomic mass is 9.93. The molecule has 3 aromatic heterocycles. The first-order valence-electron chi connectivity index (χ1n) is 14.7. The lowest BCUT2D eigenvalue weighted by molar-refractivity contribution is 0.101. The maximum absolute atomic E-state index is 13.4. The largest absolute Gasteiger partial charge is 0.309 e. The highest BCUT2D eigenvalue weighted by Crippen LogP contribution is 2.32. The highest BCUT2D eigenvalue weighted by Gasteiger charge is 2.26. The van der Waals surface area contributed by atoms with Crippen LogP contribution in [0, 0.1) is 6.92 Å². The number of carbonyl (C=O) groups is 1. The SMILES string of the molecule is CC(=O)c1c(C)c2cnc(Nc3ccc(C4CCCN(CCCS(C)(=O)=O)CC4)cn3)nc2n(C2CCCC2)c1=O. The Kier molecular flexibility index (Phi) is 8.84. The summed E-state index contributed by atoms with van der Waals surface area (Å²) in [6, 6.07) is 4.06. The number of carbonyl (C=O) groups excluding carboxylic acids is 1. The molecule has 0 bridgehead atoms. The molecule has 1 unspecified atom stereocenters. The Morgan fingerprint density at radius 3 is 2.51 bits per heavy atom. The summed E-state index contributed by atoms with van der Waals surface area (Å²) in [7, 11) is -2.92. The predicted octanol–water partition coefficient (Wildman–Crippen LogP) is 4.56. The number of likely N-dealkylation sites (tertiary alicyclic amines) is 1. The number of ketones is 1. The molecule has 41 heavy (non-hydrogen) atoms. The third-order valence-electron chi connectivity index (χ3n) is 8.56. The van der Waals surface area contributed by atoms with E-state index < -0.39 is 9.84 Å². The number of anilines is 2. The van der Waals surface area contributed by atoms with Gasteiger partial charge in [-0.3, -0.25) is 14.2 Å². The number of aromatic nitrogens is 4. The van der Waals surface area contributed by atoms with E-state index in [0.717, 1.165) is 64.6 Å². The summed E-state index contributed by atoms with van der Waals surface area (Å²) in [5.41, 5.74) is 2.33. The minimum atomic E-state index is -2.92. The molecule has 0 amide bonds. The number of hydrogen-bond acceptors (Lipinski definition) is 9. The molecule has 1 saturated heterocycles. The van der Waals surface area contributed by atoms with E-state index >= 15 is 0 Å². The van der Waals surface area contributed by atoms with Gasteiger partial charge in [-0.05, 0) is 95.1 Å². The van der Waals surface area contributed by atoms with E-state index in [2.05, 4.69) is 26.3 Å². The molecule has 1 aliphatic heterocycles. The molecule has 220 valence electrons. The van der Waals surface area contributed by atoms with Crippen LogP contribution in [0.1, 0.15) is 91.7 Å². The first kappa shape index (κ1) is 29.3. The van der Waals surface area contributed by atoms with Crippen molar-refractivity contribution in [2.75, 3.05) is 37.0 Å². The van der Waals surface area contributed by atoms with Crippen molar-refractivity contribution in [3.05, 3.63) is 51.6 Å². The van der Waals surface area contributed by atoms with Gasteiger partial charge in [-0.2, -0.15) is 4.98 Å². The van der Waals surface area contributed by atoms with Crippen LogP contribution in [0.3, 0.4) is 0 Å². The van der Waals surface area contributed by atoms with Crippen molar-refractivity contribution in [3.63, 3.8) is 0 Å². The number of pyridine rings is 2. The van der Waals surface area contributed by atoms with E-state index in [9.17, 15) is 18.0 Å². The zero-order valence-corrected chi connectivity index (χ0v) is 25.0. The van der Waals surface area contributed by atoms with Gasteiger partial charge in [-0.25, -0.2) is 18.4 Å². The van der Waals surface area contributed by atoms with Crippen molar-refractivity contribution in [1.82, 2.24) is 24.4 Å². The van der Waals surface area contributed by atoms with Gasteiger partial charge >= 0.3 is 0 Å². The second-order valence-electron chi connectivity index (χ2n) is 11.7. The highest BCUT2D eigenvalue weighted by atomic mass is 32.2. The van der Waals surface area contributed by atoms with Gasteiger partial charge in [0.15, 0.2) is 5.78 Å². The fourth-order valence-corrected chi connectivity index (χ4v) is 7.06. The smallest absolute Gasteiger partial charge is 0.263 e. The zero-order chi connectivity index (χ0) is 29.1. The number of fused-ring (bicyclic) bond motifs is 1. The molecular weight excluding hydrogens is 540 g/mol. The topological polar surface area (TPSA) is 127 Å². The summed E-state index contributed by atoms with van der Waals surface area (Å²) in [5.74, 6) is 1.40. The minimum Gasteiger partial charge on any atom is -0.309 e. The maximum Gasteiger partial charge on any atom is 0.263 e. The third kappa shape index (κ3) is 6.83. The number of aryl methyl sites for hydroxylation is 1. The van der Waals surface area contributed by atoms with Gasteiger partial charge < -0.3 is 10.2 Å². The van der Waals surface area contributed by atoms with Crippen LogP contribution in [0.2, 0.25) is 0 Å². The fraction of sp³-hybridized carbons (Fsp3) is 0.567. The lowest BCUT2D eigenvalue weighted by Gasteiger charge is -2.20. The summed E-state index contributed by atoms with van der Waals surface area (Å²) >= 11 is 0. The van der Waals surface area contributed by atoms with Gasteiger partial charge in [0.25, 0.3) is 5.56 Å².